The van der Waals surface area contributed by atoms with E-state index >= 15 is 0 Å². The zero-order chi connectivity index (χ0) is 13.9. The van der Waals surface area contributed by atoms with Crippen molar-refractivity contribution in [3.05, 3.63) is 52.1 Å². The van der Waals surface area contributed by atoms with Crippen molar-refractivity contribution in [3.8, 4) is 5.75 Å². The Morgan fingerprint density at radius 3 is 2.75 bits per heavy atom. The number of carbonyl (C=O) groups is 1. The molecule has 2 bridgehead atoms. The van der Waals surface area contributed by atoms with E-state index in [4.69, 9.17) is 4.74 Å². The lowest BCUT2D eigenvalue weighted by Gasteiger charge is -2.48. The molecule has 0 amide bonds. The molecule has 1 aromatic carbocycles. The van der Waals surface area contributed by atoms with Gasteiger partial charge in [-0.05, 0) is 24.8 Å². The molecule has 0 saturated heterocycles. The van der Waals surface area contributed by atoms with E-state index < -0.39 is 22.3 Å². The Kier molecular flexibility index (Phi) is 2.14. The molecule has 5 rings (SSSR count). The Hall–Kier alpha value is -2.17. The van der Waals surface area contributed by atoms with E-state index in [-0.39, 0.29) is 11.8 Å². The molecule has 20 heavy (non-hydrogen) atoms. The molecule has 0 aromatic heterocycles. The predicted octanol–water partition coefficient (Wildman–Crippen LogP) is 2.30. The number of para-hydroxylation sites is 1. The van der Waals surface area contributed by atoms with E-state index in [9.17, 15) is 14.9 Å². The fourth-order valence-corrected chi connectivity index (χ4v) is 4.12. The summed E-state index contributed by atoms with van der Waals surface area (Å²) >= 11 is 0. The molecular formula is C15H13NO4. The fourth-order valence-electron chi connectivity index (χ4n) is 4.12. The van der Waals surface area contributed by atoms with Gasteiger partial charge in [0.2, 0.25) is 0 Å². The second-order valence-electron chi connectivity index (χ2n) is 5.72. The number of hydrogen-bond donors (Lipinski definition) is 0. The fraction of sp³-hybridized carbons (Fsp3) is 0.400. The molecule has 1 saturated carbocycles. The molecule has 1 fully saturated rings. The van der Waals surface area contributed by atoms with Gasteiger partial charge in [0.25, 0.3) is 0 Å². The number of esters is 1. The second-order valence-corrected chi connectivity index (χ2v) is 5.72. The summed E-state index contributed by atoms with van der Waals surface area (Å²) in [6.07, 6.45) is 5.44. The zero-order valence-corrected chi connectivity index (χ0v) is 10.7. The van der Waals surface area contributed by atoms with Crippen LogP contribution in [0, 0.1) is 22.0 Å². The summed E-state index contributed by atoms with van der Waals surface area (Å²) in [6.45, 7) is 0. The van der Waals surface area contributed by atoms with E-state index in [2.05, 4.69) is 0 Å². The Bertz CT molecular complexity index is 653. The van der Waals surface area contributed by atoms with Crippen molar-refractivity contribution < 1.29 is 14.5 Å². The maximum atomic E-state index is 12.4. The number of fused-ring (bicyclic) bond motifs is 2. The van der Waals surface area contributed by atoms with E-state index in [1.54, 1.807) is 12.1 Å². The van der Waals surface area contributed by atoms with E-state index in [0.717, 1.165) is 12.0 Å². The first-order valence-corrected chi connectivity index (χ1v) is 6.79. The van der Waals surface area contributed by atoms with Gasteiger partial charge in [-0.3, -0.25) is 10.1 Å². The molecule has 0 unspecified atom stereocenters. The van der Waals surface area contributed by atoms with Gasteiger partial charge in [0, 0.05) is 10.5 Å². The number of carbonyl (C=O) groups excluding carboxylic acids is 1. The molecule has 5 nitrogen and oxygen atoms in total. The minimum atomic E-state index is -1.63. The van der Waals surface area contributed by atoms with Gasteiger partial charge in [-0.15, -0.1) is 0 Å². The standard InChI is InChI=1S/C15H13NO4/c17-14-15(16(18)19)10-7-5-9(6-8-10)13(15)11-3-1-2-4-12(11)20-14/h1-5,7,9-10,13H,6,8H2/t9-,10+,13-,15+/m0/s1. The van der Waals surface area contributed by atoms with Crippen molar-refractivity contribution >= 4 is 5.97 Å². The first-order valence-electron chi connectivity index (χ1n) is 6.79. The smallest absolute Gasteiger partial charge is 0.391 e. The molecule has 1 heterocycles. The average molecular weight is 271 g/mol. The molecule has 0 radical (unpaired) electrons. The zero-order valence-electron chi connectivity index (χ0n) is 10.7. The van der Waals surface area contributed by atoms with Gasteiger partial charge in [0.1, 0.15) is 5.75 Å². The Labute approximate surface area is 115 Å². The third-order valence-corrected chi connectivity index (χ3v) is 4.96. The topological polar surface area (TPSA) is 69.4 Å². The number of ether oxygens (including phenoxy) is 1. The molecule has 3 aliphatic carbocycles. The second kappa shape index (κ2) is 3.69. The van der Waals surface area contributed by atoms with Crippen LogP contribution in [0.2, 0.25) is 0 Å². The van der Waals surface area contributed by atoms with Crippen LogP contribution in [0.15, 0.2) is 36.4 Å². The highest BCUT2D eigenvalue weighted by Crippen LogP contribution is 2.57. The number of hydrogen-bond acceptors (Lipinski definition) is 4. The van der Waals surface area contributed by atoms with Crippen LogP contribution in [0.1, 0.15) is 24.3 Å². The van der Waals surface area contributed by atoms with Crippen molar-refractivity contribution in [3.63, 3.8) is 0 Å². The summed E-state index contributed by atoms with van der Waals surface area (Å²) in [4.78, 5) is 23.8. The summed E-state index contributed by atoms with van der Waals surface area (Å²) < 4.78 is 5.30. The van der Waals surface area contributed by atoms with Crippen LogP contribution in [0.3, 0.4) is 0 Å². The minimum absolute atomic E-state index is 0.0411. The van der Waals surface area contributed by atoms with Crippen molar-refractivity contribution in [2.45, 2.75) is 24.3 Å². The number of nitrogens with zero attached hydrogens (tertiary/aromatic N) is 1. The lowest BCUT2D eigenvalue weighted by Crippen LogP contribution is -2.64. The normalized spacial score (nSPS) is 37.0. The number of allylic oxidation sites excluding steroid dienone is 1. The van der Waals surface area contributed by atoms with Crippen molar-refractivity contribution in [1.82, 2.24) is 0 Å². The first-order chi connectivity index (χ1) is 9.65. The Morgan fingerprint density at radius 2 is 2.05 bits per heavy atom. The van der Waals surface area contributed by atoms with Crippen LogP contribution >= 0.6 is 0 Å². The molecule has 0 N–H and O–H groups in total. The molecule has 1 aromatic rings. The maximum Gasteiger partial charge on any atom is 0.391 e. The van der Waals surface area contributed by atoms with Gasteiger partial charge in [0.15, 0.2) is 0 Å². The third kappa shape index (κ3) is 1.16. The highest BCUT2D eigenvalue weighted by Gasteiger charge is 2.70. The Balaban J connectivity index is 2.01. The average Bonchev–Trinajstić information content (AvgIpc) is 2.48. The van der Waals surface area contributed by atoms with Gasteiger partial charge in [-0.25, -0.2) is 4.79 Å². The van der Waals surface area contributed by atoms with Crippen LogP contribution < -0.4 is 4.74 Å². The molecule has 4 aliphatic rings. The molecule has 1 aliphatic heterocycles. The SMILES string of the molecule is O=C1Oc2ccccc2[C@@H]2[C@H]3C=C[C@H](CC3)[C@]12[N+](=O)[O-]. The van der Waals surface area contributed by atoms with E-state index in [0.29, 0.717) is 12.2 Å². The van der Waals surface area contributed by atoms with Gasteiger partial charge in [-0.2, -0.15) is 0 Å². The molecule has 102 valence electrons. The van der Waals surface area contributed by atoms with Gasteiger partial charge >= 0.3 is 11.5 Å². The number of rotatable bonds is 1. The van der Waals surface area contributed by atoms with Crippen molar-refractivity contribution in [1.29, 1.82) is 0 Å². The summed E-state index contributed by atoms with van der Waals surface area (Å²) in [5.41, 5.74) is -0.839. The number of benzene rings is 1. The third-order valence-electron chi connectivity index (χ3n) is 4.96. The molecule has 4 atom stereocenters. The van der Waals surface area contributed by atoms with Crippen LogP contribution in [-0.2, 0) is 4.79 Å². The largest absolute Gasteiger partial charge is 0.421 e. The van der Waals surface area contributed by atoms with Crippen LogP contribution in [0.25, 0.3) is 0 Å². The summed E-state index contributed by atoms with van der Waals surface area (Å²) in [5.74, 6) is -0.961. The van der Waals surface area contributed by atoms with Crippen molar-refractivity contribution in [2.75, 3.05) is 0 Å². The van der Waals surface area contributed by atoms with Crippen LogP contribution in [-0.4, -0.2) is 16.4 Å². The summed E-state index contributed by atoms with van der Waals surface area (Å²) in [7, 11) is 0. The Morgan fingerprint density at radius 1 is 1.25 bits per heavy atom. The van der Waals surface area contributed by atoms with E-state index in [1.807, 2.05) is 24.3 Å². The maximum absolute atomic E-state index is 12.4. The van der Waals surface area contributed by atoms with Gasteiger partial charge in [0.05, 0.1) is 11.8 Å². The van der Waals surface area contributed by atoms with E-state index in [1.165, 1.54) is 0 Å². The minimum Gasteiger partial charge on any atom is -0.421 e. The molecular weight excluding hydrogens is 258 g/mol. The summed E-state index contributed by atoms with van der Waals surface area (Å²) in [5, 5.41) is 11.8. The molecule has 5 heteroatoms. The highest BCUT2D eigenvalue weighted by molar-refractivity contribution is 5.87. The highest BCUT2D eigenvalue weighted by atomic mass is 16.6. The predicted molar refractivity (Wildman–Crippen MR) is 69.9 cm³/mol. The van der Waals surface area contributed by atoms with Gasteiger partial charge < -0.3 is 4.74 Å². The van der Waals surface area contributed by atoms with Gasteiger partial charge in [-0.1, -0.05) is 30.4 Å². The van der Waals surface area contributed by atoms with Crippen LogP contribution in [0.5, 0.6) is 5.75 Å². The van der Waals surface area contributed by atoms with Crippen molar-refractivity contribution in [2.24, 2.45) is 11.8 Å². The summed E-state index contributed by atoms with van der Waals surface area (Å²) in [6, 6.07) is 7.18. The number of nitro groups is 1. The first kappa shape index (κ1) is 11.6. The molecule has 0 spiro atoms. The quantitative estimate of drug-likeness (QED) is 0.258. The monoisotopic (exact) mass is 271 g/mol. The van der Waals surface area contributed by atoms with Crippen LogP contribution in [0.4, 0.5) is 0 Å². The lowest BCUT2D eigenvalue weighted by atomic mass is 9.55. The lowest BCUT2D eigenvalue weighted by molar-refractivity contribution is -0.574.